The molecule has 0 radical (unpaired) electrons. The van der Waals surface area contributed by atoms with Crippen LogP contribution in [0, 0.1) is 11.3 Å². The van der Waals surface area contributed by atoms with Gasteiger partial charge in [0.05, 0.1) is 19.3 Å². The van der Waals surface area contributed by atoms with Gasteiger partial charge >= 0.3 is 11.9 Å². The Labute approximate surface area is 118 Å². The fourth-order valence-corrected chi connectivity index (χ4v) is 2.53. The van der Waals surface area contributed by atoms with E-state index in [9.17, 15) is 18.0 Å². The van der Waals surface area contributed by atoms with E-state index in [-0.39, 0.29) is 19.6 Å². The van der Waals surface area contributed by atoms with Crippen LogP contribution in [-0.4, -0.2) is 44.9 Å². The van der Waals surface area contributed by atoms with Gasteiger partial charge in [-0.05, 0) is 20.3 Å². The third-order valence-electron chi connectivity index (χ3n) is 2.22. The molecule has 114 valence electrons. The second-order valence-corrected chi connectivity index (χ2v) is 5.52. The third kappa shape index (κ3) is 5.14. The summed E-state index contributed by atoms with van der Waals surface area (Å²) < 4.78 is 34.8. The van der Waals surface area contributed by atoms with E-state index < -0.39 is 33.3 Å². The van der Waals surface area contributed by atoms with Crippen molar-refractivity contribution in [2.24, 2.45) is 0 Å². The molecule has 0 amide bonds. The van der Waals surface area contributed by atoms with Gasteiger partial charge in [-0.25, -0.2) is 18.0 Å². The van der Waals surface area contributed by atoms with Crippen LogP contribution in [0.4, 0.5) is 0 Å². The lowest BCUT2D eigenvalue weighted by molar-refractivity contribution is -0.157. The quantitative estimate of drug-likeness (QED) is 0.482. The number of carbonyl (C=O) groups is 2. The van der Waals surface area contributed by atoms with Crippen LogP contribution >= 0.6 is 0 Å². The van der Waals surface area contributed by atoms with Crippen molar-refractivity contribution in [3.8, 4) is 6.07 Å². The number of hydrogen-bond donors (Lipinski definition) is 1. The maximum Gasteiger partial charge on any atom is 0.335 e. The van der Waals surface area contributed by atoms with Crippen LogP contribution in [0.5, 0.6) is 0 Å². The Morgan fingerprint density at radius 2 is 1.60 bits per heavy atom. The van der Waals surface area contributed by atoms with Crippen molar-refractivity contribution in [1.29, 1.82) is 5.26 Å². The smallest absolute Gasteiger partial charge is 0.335 e. The molecule has 0 bridgehead atoms. The van der Waals surface area contributed by atoms with Gasteiger partial charge in [-0.2, -0.15) is 9.98 Å². The van der Waals surface area contributed by atoms with Gasteiger partial charge in [0.1, 0.15) is 0 Å². The van der Waals surface area contributed by atoms with E-state index in [1.165, 1.54) is 20.8 Å². The average molecular weight is 306 g/mol. The zero-order valence-corrected chi connectivity index (χ0v) is 12.4. The molecule has 0 fully saturated rings. The maximum absolute atomic E-state index is 11.9. The molecule has 20 heavy (non-hydrogen) atoms. The number of ether oxygens (including phenoxy) is 2. The summed E-state index contributed by atoms with van der Waals surface area (Å²) in [5.74, 6) is -2.13. The second-order valence-electron chi connectivity index (χ2n) is 3.63. The van der Waals surface area contributed by atoms with E-state index in [2.05, 4.69) is 9.47 Å². The number of nitrogens with zero attached hydrogens (tertiary/aromatic N) is 1. The highest BCUT2D eigenvalue weighted by Gasteiger charge is 2.36. The van der Waals surface area contributed by atoms with Crippen molar-refractivity contribution in [3.63, 3.8) is 0 Å². The molecule has 0 aliphatic heterocycles. The lowest BCUT2D eigenvalue weighted by Gasteiger charge is -2.17. The Morgan fingerprint density at radius 1 is 1.15 bits per heavy atom. The molecule has 0 spiro atoms. The number of rotatable bonds is 8. The van der Waals surface area contributed by atoms with Gasteiger partial charge in [0.25, 0.3) is 0 Å². The monoisotopic (exact) mass is 306 g/mol. The second kappa shape index (κ2) is 8.50. The summed E-state index contributed by atoms with van der Waals surface area (Å²) in [6, 6.07) is -0.219. The van der Waals surface area contributed by atoms with Gasteiger partial charge < -0.3 is 9.47 Å². The summed E-state index contributed by atoms with van der Waals surface area (Å²) in [6.45, 7) is 4.48. The maximum atomic E-state index is 11.9. The van der Waals surface area contributed by atoms with Gasteiger partial charge in [-0.3, -0.25) is 0 Å². The minimum absolute atomic E-state index is 0.0181. The number of nitriles is 1. The molecule has 0 aliphatic rings. The Morgan fingerprint density at radius 3 is 1.90 bits per heavy atom. The molecule has 1 N–H and O–H groups in total. The van der Waals surface area contributed by atoms with Crippen LogP contribution in [0.25, 0.3) is 0 Å². The minimum atomic E-state index is -4.16. The lowest BCUT2D eigenvalue weighted by atomic mass is 10.3. The van der Waals surface area contributed by atoms with Crippen molar-refractivity contribution in [2.75, 3.05) is 13.2 Å². The van der Waals surface area contributed by atoms with E-state index in [4.69, 9.17) is 5.26 Å². The highest BCUT2D eigenvalue weighted by molar-refractivity contribution is 7.90. The molecule has 8 nitrogen and oxygen atoms in total. The highest BCUT2D eigenvalue weighted by Crippen LogP contribution is 2.06. The molecule has 0 rings (SSSR count). The van der Waals surface area contributed by atoms with Crippen LogP contribution < -0.4 is 4.72 Å². The topological polar surface area (TPSA) is 123 Å². The standard InChI is InChI=1S/C11H18N2O6S/c1-4-8(7-12)20(16,17)13-9(10(14)18-5-2)11(15)19-6-3/h8-9,13H,4-6H2,1-3H3. The molecule has 0 aromatic carbocycles. The fourth-order valence-electron chi connectivity index (χ4n) is 1.27. The van der Waals surface area contributed by atoms with Gasteiger partial charge in [0.15, 0.2) is 5.25 Å². The molecule has 0 saturated carbocycles. The molecule has 0 heterocycles. The first-order valence-electron chi connectivity index (χ1n) is 6.07. The summed E-state index contributed by atoms with van der Waals surface area (Å²) >= 11 is 0. The summed E-state index contributed by atoms with van der Waals surface area (Å²) in [6.07, 6.45) is 0.0181. The summed E-state index contributed by atoms with van der Waals surface area (Å²) in [4.78, 5) is 23.2. The van der Waals surface area contributed by atoms with Crippen LogP contribution in [0.1, 0.15) is 27.2 Å². The van der Waals surface area contributed by atoms with Crippen molar-refractivity contribution < 1.29 is 27.5 Å². The first-order chi connectivity index (χ1) is 9.33. The lowest BCUT2D eigenvalue weighted by Crippen LogP contribution is -2.50. The summed E-state index contributed by atoms with van der Waals surface area (Å²) in [5.41, 5.74) is 0. The SMILES string of the molecule is CCOC(=O)C(NS(=O)(=O)C(C#N)CC)C(=O)OCC. The zero-order valence-electron chi connectivity index (χ0n) is 11.6. The molecule has 9 heteroatoms. The summed E-state index contributed by atoms with van der Waals surface area (Å²) in [5, 5.41) is 7.39. The van der Waals surface area contributed by atoms with Gasteiger partial charge in [0, 0.05) is 0 Å². The minimum Gasteiger partial charge on any atom is -0.464 e. The number of nitrogens with one attached hydrogen (secondary N) is 1. The fraction of sp³-hybridized carbons (Fsp3) is 0.727. The molecule has 1 unspecified atom stereocenters. The molecule has 0 saturated heterocycles. The molecule has 0 aromatic heterocycles. The summed E-state index contributed by atoms with van der Waals surface area (Å²) in [7, 11) is -4.16. The van der Waals surface area contributed by atoms with E-state index in [1.807, 2.05) is 4.72 Å². The molecular formula is C11H18N2O6S. The zero-order chi connectivity index (χ0) is 15.8. The Hall–Kier alpha value is -1.66. The van der Waals surface area contributed by atoms with E-state index in [0.717, 1.165) is 0 Å². The van der Waals surface area contributed by atoms with Crippen molar-refractivity contribution in [2.45, 2.75) is 38.5 Å². The molecular weight excluding hydrogens is 288 g/mol. The predicted octanol–water partition coefficient (Wildman–Crippen LogP) is -0.297. The predicted molar refractivity (Wildman–Crippen MR) is 68.8 cm³/mol. The van der Waals surface area contributed by atoms with Gasteiger partial charge in [0.2, 0.25) is 16.1 Å². The number of carbonyl (C=O) groups excluding carboxylic acids is 2. The van der Waals surface area contributed by atoms with E-state index in [0.29, 0.717) is 0 Å². The first-order valence-corrected chi connectivity index (χ1v) is 7.62. The van der Waals surface area contributed by atoms with Gasteiger partial charge in [-0.15, -0.1) is 0 Å². The molecule has 1 atom stereocenters. The number of sulfonamides is 1. The normalized spacial score (nSPS) is 12.6. The Bertz CT molecular complexity index is 464. The van der Waals surface area contributed by atoms with E-state index >= 15 is 0 Å². The van der Waals surface area contributed by atoms with Crippen molar-refractivity contribution in [3.05, 3.63) is 0 Å². The largest absolute Gasteiger partial charge is 0.464 e. The van der Waals surface area contributed by atoms with E-state index in [1.54, 1.807) is 6.07 Å². The average Bonchev–Trinajstić information content (AvgIpc) is 2.37. The molecule has 0 aromatic rings. The van der Waals surface area contributed by atoms with Crippen LogP contribution in [-0.2, 0) is 29.1 Å². The van der Waals surface area contributed by atoms with Crippen LogP contribution in [0.3, 0.4) is 0 Å². The van der Waals surface area contributed by atoms with Crippen molar-refractivity contribution in [1.82, 2.24) is 4.72 Å². The van der Waals surface area contributed by atoms with Crippen LogP contribution in [0.15, 0.2) is 0 Å². The van der Waals surface area contributed by atoms with Crippen molar-refractivity contribution >= 4 is 22.0 Å². The first kappa shape index (κ1) is 18.3. The third-order valence-corrected chi connectivity index (χ3v) is 3.97. The molecule has 0 aliphatic carbocycles. The Kier molecular flexibility index (Phi) is 7.79. The Balaban J connectivity index is 5.22. The number of hydrogen-bond acceptors (Lipinski definition) is 7. The van der Waals surface area contributed by atoms with Crippen LogP contribution in [0.2, 0.25) is 0 Å². The number of esters is 2. The highest BCUT2D eigenvalue weighted by atomic mass is 32.2. The van der Waals surface area contributed by atoms with Gasteiger partial charge in [-0.1, -0.05) is 6.92 Å².